The minimum Gasteiger partial charge on any atom is -0.356 e. The molecule has 0 bridgehead atoms. The molecule has 168 valence electrons. The molecule has 2 aromatic rings. The molecular formula is C28H34N2O2. The summed E-state index contributed by atoms with van der Waals surface area (Å²) in [7, 11) is 0. The van der Waals surface area contributed by atoms with Crippen molar-refractivity contribution in [1.29, 1.82) is 0 Å². The van der Waals surface area contributed by atoms with Crippen molar-refractivity contribution in [3.63, 3.8) is 0 Å². The van der Waals surface area contributed by atoms with Crippen molar-refractivity contribution < 1.29 is 9.59 Å². The Morgan fingerprint density at radius 1 is 1.00 bits per heavy atom. The highest BCUT2D eigenvalue weighted by Gasteiger charge is 2.42. The van der Waals surface area contributed by atoms with Crippen molar-refractivity contribution in [2.75, 3.05) is 19.6 Å². The molecule has 1 N–H and O–H groups in total. The van der Waals surface area contributed by atoms with Crippen LogP contribution in [0.1, 0.15) is 44.6 Å². The lowest BCUT2D eigenvalue weighted by Crippen LogP contribution is -2.51. The molecule has 2 aromatic carbocycles. The molecule has 0 saturated carbocycles. The number of carbonyl (C=O) groups is 2. The summed E-state index contributed by atoms with van der Waals surface area (Å²) in [5, 5.41) is 3.06. The first-order chi connectivity index (χ1) is 15.6. The summed E-state index contributed by atoms with van der Waals surface area (Å²) >= 11 is 0. The fourth-order valence-corrected chi connectivity index (χ4v) is 5.07. The van der Waals surface area contributed by atoms with E-state index in [4.69, 9.17) is 0 Å². The Labute approximate surface area is 191 Å². The number of nitrogens with one attached hydrogen (secondary N) is 1. The summed E-state index contributed by atoms with van der Waals surface area (Å²) in [5.74, 6) is 0.747. The number of piperidine rings is 1. The van der Waals surface area contributed by atoms with Crippen molar-refractivity contribution in [3.05, 3.63) is 72.3 Å². The average molecular weight is 431 g/mol. The molecule has 1 saturated heterocycles. The Morgan fingerprint density at radius 2 is 1.69 bits per heavy atom. The summed E-state index contributed by atoms with van der Waals surface area (Å²) in [6, 6.07) is 18.9. The Morgan fingerprint density at radius 3 is 2.31 bits per heavy atom. The standard InChI is InChI=1S/C28H34N2O2/c1-2-29-27(32)28(16-18-30(19-17-28)26(31)20-22-8-6-7-9-22)21-23-12-14-25(15-13-23)24-10-4-3-5-11-24/h3-6,8,10-15,22H,2,7,9,16-21H2,1H3,(H,29,32). The van der Waals surface area contributed by atoms with Gasteiger partial charge in [0.1, 0.15) is 0 Å². The molecule has 0 spiro atoms. The smallest absolute Gasteiger partial charge is 0.226 e. The first-order valence-corrected chi connectivity index (χ1v) is 12.0. The highest BCUT2D eigenvalue weighted by atomic mass is 16.2. The molecule has 1 aliphatic heterocycles. The first kappa shape index (κ1) is 22.3. The Balaban J connectivity index is 1.44. The number of nitrogens with zero attached hydrogens (tertiary/aromatic N) is 1. The van der Waals surface area contributed by atoms with Crippen LogP contribution in [0.3, 0.4) is 0 Å². The summed E-state index contributed by atoms with van der Waals surface area (Å²) in [4.78, 5) is 27.9. The van der Waals surface area contributed by atoms with Crippen molar-refractivity contribution in [2.24, 2.45) is 11.3 Å². The molecule has 1 atom stereocenters. The normalized spacial score (nSPS) is 19.7. The third kappa shape index (κ3) is 5.12. The number of likely N-dealkylation sites (tertiary alicyclic amines) is 1. The van der Waals surface area contributed by atoms with E-state index in [9.17, 15) is 9.59 Å². The number of amides is 2. The van der Waals surface area contributed by atoms with Gasteiger partial charge in [-0.1, -0.05) is 66.7 Å². The van der Waals surface area contributed by atoms with Crippen LogP contribution in [0.2, 0.25) is 0 Å². The van der Waals surface area contributed by atoms with Crippen LogP contribution in [-0.2, 0) is 16.0 Å². The molecule has 2 amide bonds. The Bertz CT molecular complexity index is 941. The third-order valence-corrected chi connectivity index (χ3v) is 7.05. The predicted octanol–water partition coefficient (Wildman–Crippen LogP) is 5.00. The van der Waals surface area contributed by atoms with Crippen LogP contribution in [0.4, 0.5) is 0 Å². The number of rotatable bonds is 7. The number of hydrogen-bond donors (Lipinski definition) is 1. The van der Waals surface area contributed by atoms with Gasteiger partial charge in [0.2, 0.25) is 11.8 Å². The van der Waals surface area contributed by atoms with Crippen molar-refractivity contribution >= 4 is 11.8 Å². The van der Waals surface area contributed by atoms with Crippen LogP contribution < -0.4 is 5.32 Å². The Kier molecular flexibility index (Phi) is 7.09. The van der Waals surface area contributed by atoms with Gasteiger partial charge in [-0.2, -0.15) is 0 Å². The molecule has 4 heteroatoms. The van der Waals surface area contributed by atoms with Crippen LogP contribution in [0.15, 0.2) is 66.7 Å². The highest BCUT2D eigenvalue weighted by Crippen LogP contribution is 2.37. The van der Waals surface area contributed by atoms with E-state index in [1.54, 1.807) is 0 Å². The van der Waals surface area contributed by atoms with Gasteiger partial charge in [-0.25, -0.2) is 0 Å². The summed E-state index contributed by atoms with van der Waals surface area (Å²) in [6.45, 7) is 3.92. The molecule has 0 aromatic heterocycles. The van der Waals surface area contributed by atoms with Gasteiger partial charge in [-0.15, -0.1) is 0 Å². The number of hydrogen-bond acceptors (Lipinski definition) is 2. The molecule has 32 heavy (non-hydrogen) atoms. The zero-order chi connectivity index (χ0) is 22.4. The second kappa shape index (κ2) is 10.2. The minimum absolute atomic E-state index is 0.123. The largest absolute Gasteiger partial charge is 0.356 e. The number of allylic oxidation sites excluding steroid dienone is 2. The van der Waals surface area contributed by atoms with E-state index in [0.717, 1.165) is 12.8 Å². The van der Waals surface area contributed by atoms with E-state index >= 15 is 0 Å². The molecular weight excluding hydrogens is 396 g/mol. The van der Waals surface area contributed by atoms with E-state index in [1.807, 2.05) is 30.0 Å². The zero-order valence-electron chi connectivity index (χ0n) is 19.1. The van der Waals surface area contributed by atoms with Crippen molar-refractivity contribution in [1.82, 2.24) is 10.2 Å². The zero-order valence-corrected chi connectivity index (χ0v) is 19.1. The second-order valence-corrected chi connectivity index (χ2v) is 9.23. The molecule has 4 nitrogen and oxygen atoms in total. The van der Waals surface area contributed by atoms with Crippen molar-refractivity contribution in [3.8, 4) is 11.1 Å². The maximum absolute atomic E-state index is 13.1. The molecule has 1 unspecified atom stereocenters. The Hall–Kier alpha value is -2.88. The summed E-state index contributed by atoms with van der Waals surface area (Å²) < 4.78 is 0. The lowest BCUT2D eigenvalue weighted by atomic mass is 9.72. The number of benzene rings is 2. The minimum atomic E-state index is -0.450. The van der Waals surface area contributed by atoms with Crippen LogP contribution in [0.25, 0.3) is 11.1 Å². The maximum atomic E-state index is 13.1. The van der Waals surface area contributed by atoms with Crippen LogP contribution >= 0.6 is 0 Å². The molecule has 1 heterocycles. The van der Waals surface area contributed by atoms with Gasteiger partial charge in [0.05, 0.1) is 5.41 Å². The van der Waals surface area contributed by atoms with E-state index in [0.29, 0.717) is 51.2 Å². The fourth-order valence-electron chi connectivity index (χ4n) is 5.07. The van der Waals surface area contributed by atoms with Crippen molar-refractivity contribution in [2.45, 2.75) is 45.4 Å². The van der Waals surface area contributed by atoms with Crippen LogP contribution in [-0.4, -0.2) is 36.3 Å². The van der Waals surface area contributed by atoms with Gasteiger partial charge in [0, 0.05) is 26.1 Å². The maximum Gasteiger partial charge on any atom is 0.226 e. The molecule has 2 aliphatic rings. The average Bonchev–Trinajstić information content (AvgIpc) is 3.34. The fraction of sp³-hybridized carbons (Fsp3) is 0.429. The van der Waals surface area contributed by atoms with Gasteiger partial charge < -0.3 is 10.2 Å². The monoisotopic (exact) mass is 430 g/mol. The predicted molar refractivity (Wildman–Crippen MR) is 129 cm³/mol. The quantitative estimate of drug-likeness (QED) is 0.629. The third-order valence-electron chi connectivity index (χ3n) is 7.05. The van der Waals surface area contributed by atoms with E-state index < -0.39 is 5.41 Å². The van der Waals surface area contributed by atoms with Gasteiger partial charge >= 0.3 is 0 Å². The molecule has 0 radical (unpaired) electrons. The summed E-state index contributed by atoms with van der Waals surface area (Å²) in [5.41, 5.74) is 3.10. The van der Waals surface area contributed by atoms with Gasteiger partial charge in [0.15, 0.2) is 0 Å². The molecule has 1 aliphatic carbocycles. The topological polar surface area (TPSA) is 49.4 Å². The van der Waals surface area contributed by atoms with Gasteiger partial charge in [-0.05, 0) is 61.6 Å². The van der Waals surface area contributed by atoms with E-state index in [2.05, 4.69) is 53.9 Å². The lowest BCUT2D eigenvalue weighted by Gasteiger charge is -2.41. The molecule has 1 fully saturated rings. The van der Waals surface area contributed by atoms with Crippen LogP contribution in [0.5, 0.6) is 0 Å². The summed E-state index contributed by atoms with van der Waals surface area (Å²) in [6.07, 6.45) is 9.27. The second-order valence-electron chi connectivity index (χ2n) is 9.23. The molecule has 4 rings (SSSR count). The van der Waals surface area contributed by atoms with E-state index in [1.165, 1.54) is 16.7 Å². The SMILES string of the molecule is CCNC(=O)C1(Cc2ccc(-c3ccccc3)cc2)CCN(C(=O)CC2C=CCC2)CC1. The van der Waals surface area contributed by atoms with E-state index in [-0.39, 0.29) is 11.8 Å². The first-order valence-electron chi connectivity index (χ1n) is 12.0. The number of carbonyl (C=O) groups excluding carboxylic acids is 2. The highest BCUT2D eigenvalue weighted by molar-refractivity contribution is 5.84. The lowest BCUT2D eigenvalue weighted by molar-refractivity contribution is -0.141. The van der Waals surface area contributed by atoms with Crippen LogP contribution in [0, 0.1) is 11.3 Å². The van der Waals surface area contributed by atoms with Gasteiger partial charge in [-0.3, -0.25) is 9.59 Å². The van der Waals surface area contributed by atoms with Gasteiger partial charge in [0.25, 0.3) is 0 Å².